The van der Waals surface area contributed by atoms with E-state index in [2.05, 4.69) is 20.0 Å². The Labute approximate surface area is 63.8 Å². The van der Waals surface area contributed by atoms with Crippen LogP contribution in [0.1, 0.15) is 10.5 Å². The quantitative estimate of drug-likeness (QED) is 0.591. The molecule has 0 aromatic carbocycles. The average Bonchev–Trinajstić information content (AvgIpc) is 2.52. The molecular formula is C6H9N3O2. The van der Waals surface area contributed by atoms with Gasteiger partial charge >= 0.3 is 0 Å². The molecule has 0 aliphatic carbocycles. The predicted molar refractivity (Wildman–Crippen MR) is 37.9 cm³/mol. The van der Waals surface area contributed by atoms with Gasteiger partial charge in [0.05, 0.1) is 6.33 Å². The van der Waals surface area contributed by atoms with Gasteiger partial charge in [-0.25, -0.2) is 4.98 Å². The number of hydrogen-bond donors (Lipinski definition) is 2. The van der Waals surface area contributed by atoms with Crippen LogP contribution in [0.4, 0.5) is 0 Å². The molecule has 0 spiro atoms. The number of rotatable bonds is 3. The summed E-state index contributed by atoms with van der Waals surface area (Å²) in [5.41, 5.74) is 0.363. The third kappa shape index (κ3) is 2.05. The molecule has 1 aromatic heterocycles. The second-order valence-electron chi connectivity index (χ2n) is 1.89. The van der Waals surface area contributed by atoms with Gasteiger partial charge in [-0.1, -0.05) is 0 Å². The second-order valence-corrected chi connectivity index (χ2v) is 1.89. The molecule has 0 unspecified atom stereocenters. The van der Waals surface area contributed by atoms with E-state index in [1.54, 1.807) is 0 Å². The second kappa shape index (κ2) is 3.72. The van der Waals surface area contributed by atoms with Gasteiger partial charge in [-0.15, -0.1) is 0 Å². The van der Waals surface area contributed by atoms with Crippen molar-refractivity contribution in [2.45, 2.75) is 0 Å². The first-order valence-electron chi connectivity index (χ1n) is 3.10. The molecule has 60 valence electrons. The fourth-order valence-electron chi connectivity index (χ4n) is 0.613. The predicted octanol–water partition coefficient (Wildman–Crippen LogP) is -0.257. The van der Waals surface area contributed by atoms with E-state index >= 15 is 0 Å². The summed E-state index contributed by atoms with van der Waals surface area (Å²) in [6.07, 6.45) is 2.96. The molecule has 0 atom stereocenters. The van der Waals surface area contributed by atoms with Crippen LogP contribution in [-0.4, -0.2) is 29.7 Å². The minimum Gasteiger partial charge on any atom is -0.364 e. The van der Waals surface area contributed by atoms with E-state index in [1.807, 2.05) is 0 Å². The van der Waals surface area contributed by atoms with Crippen LogP contribution in [0, 0.1) is 0 Å². The minimum atomic E-state index is -0.242. The van der Waals surface area contributed by atoms with Crippen molar-refractivity contribution >= 4 is 5.91 Å². The van der Waals surface area contributed by atoms with Crippen molar-refractivity contribution in [3.05, 3.63) is 18.2 Å². The SMILES string of the molecule is COCNC(=O)c1c[nH]cn1. The lowest BCUT2D eigenvalue weighted by Crippen LogP contribution is -2.25. The summed E-state index contributed by atoms with van der Waals surface area (Å²) in [4.78, 5) is 17.4. The summed E-state index contributed by atoms with van der Waals surface area (Å²) >= 11 is 0. The van der Waals surface area contributed by atoms with Crippen LogP contribution in [0.5, 0.6) is 0 Å². The molecule has 0 bridgehead atoms. The number of H-pyrrole nitrogens is 1. The number of aromatic amines is 1. The smallest absolute Gasteiger partial charge is 0.273 e. The molecule has 0 saturated heterocycles. The van der Waals surface area contributed by atoms with Gasteiger partial charge in [0.25, 0.3) is 5.91 Å². The normalized spacial score (nSPS) is 9.55. The molecule has 0 aliphatic rings. The molecule has 5 heteroatoms. The number of methoxy groups -OCH3 is 1. The summed E-state index contributed by atoms with van der Waals surface area (Å²) in [7, 11) is 1.50. The number of aromatic nitrogens is 2. The van der Waals surface area contributed by atoms with E-state index in [1.165, 1.54) is 19.6 Å². The number of nitrogens with zero attached hydrogens (tertiary/aromatic N) is 1. The number of nitrogens with one attached hydrogen (secondary N) is 2. The van der Waals surface area contributed by atoms with Crippen LogP contribution in [0.3, 0.4) is 0 Å². The Hall–Kier alpha value is -1.36. The van der Waals surface area contributed by atoms with Gasteiger partial charge in [-0.05, 0) is 0 Å². The van der Waals surface area contributed by atoms with Gasteiger partial charge in [0.15, 0.2) is 0 Å². The Morgan fingerprint density at radius 3 is 3.27 bits per heavy atom. The lowest BCUT2D eigenvalue weighted by atomic mass is 10.4. The topological polar surface area (TPSA) is 67.0 Å². The molecule has 2 N–H and O–H groups in total. The average molecular weight is 155 g/mol. The maximum atomic E-state index is 11.0. The first-order valence-corrected chi connectivity index (χ1v) is 3.10. The van der Waals surface area contributed by atoms with E-state index in [0.29, 0.717) is 5.69 Å². The monoisotopic (exact) mass is 155 g/mol. The molecule has 1 rings (SSSR count). The summed E-state index contributed by atoms with van der Waals surface area (Å²) in [5.74, 6) is -0.242. The zero-order chi connectivity index (χ0) is 8.10. The minimum absolute atomic E-state index is 0.200. The van der Waals surface area contributed by atoms with Crippen LogP contribution in [0.15, 0.2) is 12.5 Å². The van der Waals surface area contributed by atoms with Gasteiger partial charge < -0.3 is 15.0 Å². The lowest BCUT2D eigenvalue weighted by Gasteiger charge is -1.98. The molecule has 0 fully saturated rings. The molecule has 0 aliphatic heterocycles. The number of amides is 1. The van der Waals surface area contributed by atoms with Gasteiger partial charge in [0, 0.05) is 13.3 Å². The molecule has 5 nitrogen and oxygen atoms in total. The zero-order valence-corrected chi connectivity index (χ0v) is 6.13. The first-order chi connectivity index (χ1) is 5.34. The molecule has 1 heterocycles. The summed E-state index contributed by atoms with van der Waals surface area (Å²) in [5, 5.41) is 2.49. The zero-order valence-electron chi connectivity index (χ0n) is 6.13. The Morgan fingerprint density at radius 1 is 1.91 bits per heavy atom. The molecule has 0 radical (unpaired) electrons. The molecule has 11 heavy (non-hydrogen) atoms. The van der Waals surface area contributed by atoms with E-state index in [-0.39, 0.29) is 12.6 Å². The molecule has 1 aromatic rings. The van der Waals surface area contributed by atoms with Crippen LogP contribution < -0.4 is 5.32 Å². The Morgan fingerprint density at radius 2 is 2.73 bits per heavy atom. The van der Waals surface area contributed by atoms with E-state index < -0.39 is 0 Å². The maximum absolute atomic E-state index is 11.0. The third-order valence-corrected chi connectivity index (χ3v) is 1.11. The number of hydrogen-bond acceptors (Lipinski definition) is 3. The fraction of sp³-hybridized carbons (Fsp3) is 0.333. The van der Waals surface area contributed by atoms with E-state index in [4.69, 9.17) is 0 Å². The first kappa shape index (κ1) is 7.74. The summed E-state index contributed by atoms with van der Waals surface area (Å²) in [6, 6.07) is 0. The number of carbonyl (C=O) groups is 1. The van der Waals surface area contributed by atoms with Crippen molar-refractivity contribution in [3.8, 4) is 0 Å². The largest absolute Gasteiger partial charge is 0.364 e. The number of imidazole rings is 1. The van der Waals surface area contributed by atoms with E-state index in [9.17, 15) is 4.79 Å². The molecule has 0 saturated carbocycles. The van der Waals surface area contributed by atoms with Crippen molar-refractivity contribution in [1.82, 2.24) is 15.3 Å². The number of carbonyl (C=O) groups excluding carboxylic acids is 1. The Balaban J connectivity index is 2.43. The number of ether oxygens (including phenoxy) is 1. The highest BCUT2D eigenvalue weighted by Crippen LogP contribution is 1.88. The van der Waals surface area contributed by atoms with Crippen LogP contribution >= 0.6 is 0 Å². The molecular weight excluding hydrogens is 146 g/mol. The van der Waals surface area contributed by atoms with Crippen LogP contribution in [0.2, 0.25) is 0 Å². The van der Waals surface area contributed by atoms with E-state index in [0.717, 1.165) is 0 Å². The van der Waals surface area contributed by atoms with Crippen LogP contribution in [-0.2, 0) is 4.74 Å². The van der Waals surface area contributed by atoms with Crippen LogP contribution in [0.25, 0.3) is 0 Å². The van der Waals surface area contributed by atoms with Crippen molar-refractivity contribution in [3.63, 3.8) is 0 Å². The van der Waals surface area contributed by atoms with Crippen molar-refractivity contribution in [2.24, 2.45) is 0 Å². The summed E-state index contributed by atoms with van der Waals surface area (Å²) < 4.78 is 4.64. The van der Waals surface area contributed by atoms with Crippen molar-refractivity contribution in [1.29, 1.82) is 0 Å². The van der Waals surface area contributed by atoms with Gasteiger partial charge in [-0.2, -0.15) is 0 Å². The third-order valence-electron chi connectivity index (χ3n) is 1.11. The highest BCUT2D eigenvalue weighted by molar-refractivity contribution is 5.91. The van der Waals surface area contributed by atoms with Gasteiger partial charge in [-0.3, -0.25) is 4.79 Å². The van der Waals surface area contributed by atoms with Gasteiger partial charge in [0.2, 0.25) is 0 Å². The lowest BCUT2D eigenvalue weighted by molar-refractivity contribution is 0.0867. The highest BCUT2D eigenvalue weighted by Gasteiger charge is 2.04. The van der Waals surface area contributed by atoms with Crippen molar-refractivity contribution < 1.29 is 9.53 Å². The molecule has 1 amide bonds. The van der Waals surface area contributed by atoms with Crippen molar-refractivity contribution in [2.75, 3.05) is 13.8 Å². The fourth-order valence-corrected chi connectivity index (χ4v) is 0.613. The Bertz CT molecular complexity index is 220. The highest BCUT2D eigenvalue weighted by atomic mass is 16.5. The summed E-state index contributed by atoms with van der Waals surface area (Å²) in [6.45, 7) is 0.200. The Kier molecular flexibility index (Phi) is 2.62. The maximum Gasteiger partial charge on any atom is 0.273 e. The standard InChI is InChI=1S/C6H9N3O2/c1-11-4-9-6(10)5-2-7-3-8-5/h2-3H,4H2,1H3,(H,7,8)(H,9,10). The van der Waals surface area contributed by atoms with Gasteiger partial charge in [0.1, 0.15) is 12.4 Å².